The number of likely N-dealkylation sites (tertiary alicyclic amines) is 1. The summed E-state index contributed by atoms with van der Waals surface area (Å²) in [7, 11) is 3.69. The van der Waals surface area contributed by atoms with Crippen molar-refractivity contribution in [1.29, 1.82) is 0 Å². The molecule has 0 amide bonds. The smallest absolute Gasteiger partial charge is 0.107 e. The Kier molecular flexibility index (Phi) is 4.91. The molecule has 5 heteroatoms. The maximum absolute atomic E-state index is 5.20. The second-order valence-electron chi connectivity index (χ2n) is 4.42. The SMILES string of the molecule is CNCc1sc(CN2CCCC2)nc1COC. The van der Waals surface area contributed by atoms with E-state index in [2.05, 4.69) is 10.2 Å². The van der Waals surface area contributed by atoms with Crippen molar-refractivity contribution >= 4 is 11.3 Å². The molecule has 0 aliphatic carbocycles. The lowest BCUT2D eigenvalue weighted by Crippen LogP contribution is -2.18. The Morgan fingerprint density at radius 2 is 2.18 bits per heavy atom. The zero-order valence-electron chi connectivity index (χ0n) is 10.7. The van der Waals surface area contributed by atoms with E-state index in [4.69, 9.17) is 9.72 Å². The van der Waals surface area contributed by atoms with Gasteiger partial charge >= 0.3 is 0 Å². The molecule has 0 aromatic carbocycles. The van der Waals surface area contributed by atoms with Crippen LogP contribution >= 0.6 is 11.3 Å². The van der Waals surface area contributed by atoms with E-state index in [0.717, 1.165) is 18.8 Å². The molecular formula is C12H21N3OS. The van der Waals surface area contributed by atoms with Gasteiger partial charge in [-0.3, -0.25) is 4.90 Å². The molecule has 2 heterocycles. The molecular weight excluding hydrogens is 234 g/mol. The Balaban J connectivity index is 2.03. The summed E-state index contributed by atoms with van der Waals surface area (Å²) in [6, 6.07) is 0. The van der Waals surface area contributed by atoms with Crippen molar-refractivity contribution in [3.05, 3.63) is 15.6 Å². The fourth-order valence-corrected chi connectivity index (χ4v) is 3.31. The standard InChI is InChI=1S/C12H21N3OS/c1-13-7-11-10(9-16-2)14-12(17-11)8-15-5-3-4-6-15/h13H,3-9H2,1-2H3. The van der Waals surface area contributed by atoms with E-state index < -0.39 is 0 Å². The molecule has 1 aliphatic rings. The van der Waals surface area contributed by atoms with Crippen LogP contribution < -0.4 is 5.32 Å². The summed E-state index contributed by atoms with van der Waals surface area (Å²) in [6.07, 6.45) is 2.67. The van der Waals surface area contributed by atoms with Crippen LogP contribution in [0.3, 0.4) is 0 Å². The van der Waals surface area contributed by atoms with Gasteiger partial charge < -0.3 is 10.1 Å². The van der Waals surface area contributed by atoms with Crippen LogP contribution in [-0.2, 0) is 24.4 Å². The summed E-state index contributed by atoms with van der Waals surface area (Å²) < 4.78 is 5.20. The highest BCUT2D eigenvalue weighted by Crippen LogP contribution is 2.22. The Morgan fingerprint density at radius 1 is 1.41 bits per heavy atom. The summed E-state index contributed by atoms with van der Waals surface area (Å²) in [5.74, 6) is 0. The first-order valence-corrected chi connectivity index (χ1v) is 6.98. The normalized spacial score (nSPS) is 16.8. The monoisotopic (exact) mass is 255 g/mol. The highest BCUT2D eigenvalue weighted by atomic mass is 32.1. The van der Waals surface area contributed by atoms with Crippen molar-refractivity contribution < 1.29 is 4.74 Å². The number of nitrogens with one attached hydrogen (secondary N) is 1. The summed E-state index contributed by atoms with van der Waals surface area (Å²) in [4.78, 5) is 8.49. The first-order chi connectivity index (χ1) is 8.33. The molecule has 1 aliphatic heterocycles. The first kappa shape index (κ1) is 13.0. The number of aromatic nitrogens is 1. The minimum Gasteiger partial charge on any atom is -0.378 e. The minimum absolute atomic E-state index is 0.619. The van der Waals surface area contributed by atoms with E-state index >= 15 is 0 Å². The van der Waals surface area contributed by atoms with Crippen LogP contribution in [-0.4, -0.2) is 37.1 Å². The molecule has 0 saturated carbocycles. The van der Waals surface area contributed by atoms with E-state index in [9.17, 15) is 0 Å². The second-order valence-corrected chi connectivity index (χ2v) is 5.59. The number of thiazole rings is 1. The van der Waals surface area contributed by atoms with Crippen molar-refractivity contribution in [1.82, 2.24) is 15.2 Å². The van der Waals surface area contributed by atoms with E-state index in [-0.39, 0.29) is 0 Å². The van der Waals surface area contributed by atoms with Gasteiger partial charge in [0, 0.05) is 18.5 Å². The Bertz CT molecular complexity index is 324. The van der Waals surface area contributed by atoms with Crippen LogP contribution in [0.25, 0.3) is 0 Å². The maximum Gasteiger partial charge on any atom is 0.107 e. The molecule has 0 radical (unpaired) electrons. The molecule has 2 rings (SSSR count). The number of hydrogen-bond donors (Lipinski definition) is 1. The molecule has 0 atom stereocenters. The lowest BCUT2D eigenvalue weighted by atomic mass is 10.4. The van der Waals surface area contributed by atoms with Gasteiger partial charge in [-0.05, 0) is 33.0 Å². The number of nitrogens with zero attached hydrogens (tertiary/aromatic N) is 2. The van der Waals surface area contributed by atoms with Gasteiger partial charge in [0.05, 0.1) is 18.8 Å². The van der Waals surface area contributed by atoms with E-state index in [1.165, 1.54) is 35.8 Å². The summed E-state index contributed by atoms with van der Waals surface area (Å²) in [5, 5.41) is 4.42. The fraction of sp³-hybridized carbons (Fsp3) is 0.750. The number of rotatable bonds is 6. The summed E-state index contributed by atoms with van der Waals surface area (Å²) >= 11 is 1.82. The minimum atomic E-state index is 0.619. The molecule has 17 heavy (non-hydrogen) atoms. The third-order valence-corrected chi connectivity index (χ3v) is 4.08. The molecule has 0 bridgehead atoms. The quantitative estimate of drug-likeness (QED) is 0.838. The number of methoxy groups -OCH3 is 1. The van der Waals surface area contributed by atoms with Gasteiger partial charge in [-0.2, -0.15) is 0 Å². The van der Waals surface area contributed by atoms with Gasteiger partial charge in [0.15, 0.2) is 0 Å². The Hall–Kier alpha value is -0.490. The van der Waals surface area contributed by atoms with Crippen LogP contribution in [0.1, 0.15) is 28.4 Å². The van der Waals surface area contributed by atoms with Crippen molar-refractivity contribution in [2.24, 2.45) is 0 Å². The molecule has 0 spiro atoms. The van der Waals surface area contributed by atoms with Gasteiger partial charge in [0.1, 0.15) is 5.01 Å². The lowest BCUT2D eigenvalue weighted by molar-refractivity contribution is 0.181. The predicted octanol–water partition coefficient (Wildman–Crippen LogP) is 1.60. The van der Waals surface area contributed by atoms with Crippen LogP contribution in [0.2, 0.25) is 0 Å². The second kappa shape index (κ2) is 6.44. The zero-order chi connectivity index (χ0) is 12.1. The topological polar surface area (TPSA) is 37.4 Å². The van der Waals surface area contributed by atoms with Crippen molar-refractivity contribution in [2.75, 3.05) is 27.2 Å². The highest BCUT2D eigenvalue weighted by Gasteiger charge is 2.16. The molecule has 4 nitrogen and oxygen atoms in total. The van der Waals surface area contributed by atoms with Gasteiger partial charge in [-0.25, -0.2) is 4.98 Å². The van der Waals surface area contributed by atoms with Crippen molar-refractivity contribution in [3.63, 3.8) is 0 Å². The Morgan fingerprint density at radius 3 is 2.82 bits per heavy atom. The summed E-state index contributed by atoms with van der Waals surface area (Å²) in [5.41, 5.74) is 1.10. The van der Waals surface area contributed by atoms with E-state index in [1.807, 2.05) is 18.4 Å². The van der Waals surface area contributed by atoms with Crippen molar-refractivity contribution in [3.8, 4) is 0 Å². The van der Waals surface area contributed by atoms with Gasteiger partial charge in [-0.1, -0.05) is 0 Å². The van der Waals surface area contributed by atoms with Gasteiger partial charge in [0.2, 0.25) is 0 Å². The van der Waals surface area contributed by atoms with E-state index in [1.54, 1.807) is 7.11 Å². The molecule has 1 N–H and O–H groups in total. The maximum atomic E-state index is 5.20. The Labute approximate surface area is 107 Å². The number of ether oxygens (including phenoxy) is 1. The number of hydrogen-bond acceptors (Lipinski definition) is 5. The van der Waals surface area contributed by atoms with Crippen molar-refractivity contribution in [2.45, 2.75) is 32.5 Å². The molecule has 0 unspecified atom stereocenters. The molecule has 96 valence electrons. The molecule has 1 aromatic heterocycles. The largest absolute Gasteiger partial charge is 0.378 e. The van der Waals surface area contributed by atoms with Gasteiger partial charge in [-0.15, -0.1) is 11.3 Å². The third kappa shape index (κ3) is 3.48. The molecule has 1 fully saturated rings. The zero-order valence-corrected chi connectivity index (χ0v) is 11.5. The average Bonchev–Trinajstić information content (AvgIpc) is 2.91. The highest BCUT2D eigenvalue weighted by molar-refractivity contribution is 7.11. The molecule has 1 aromatic rings. The third-order valence-electron chi connectivity index (χ3n) is 3.00. The lowest BCUT2D eigenvalue weighted by Gasteiger charge is -2.11. The van der Waals surface area contributed by atoms with Crippen LogP contribution in [0.15, 0.2) is 0 Å². The van der Waals surface area contributed by atoms with Crippen LogP contribution in [0.5, 0.6) is 0 Å². The summed E-state index contributed by atoms with van der Waals surface area (Å²) in [6.45, 7) is 4.95. The molecule has 1 saturated heterocycles. The fourth-order valence-electron chi connectivity index (χ4n) is 2.18. The van der Waals surface area contributed by atoms with E-state index in [0.29, 0.717) is 6.61 Å². The van der Waals surface area contributed by atoms with Crippen LogP contribution in [0.4, 0.5) is 0 Å². The predicted molar refractivity (Wildman–Crippen MR) is 70.1 cm³/mol. The van der Waals surface area contributed by atoms with Crippen LogP contribution in [0, 0.1) is 0 Å². The first-order valence-electron chi connectivity index (χ1n) is 6.17. The average molecular weight is 255 g/mol. The van der Waals surface area contributed by atoms with Gasteiger partial charge in [0.25, 0.3) is 0 Å².